The summed E-state index contributed by atoms with van der Waals surface area (Å²) in [4.78, 5) is 39.4. The molecule has 0 spiro atoms. The molecule has 1 unspecified atom stereocenters. The highest BCUT2D eigenvalue weighted by Crippen LogP contribution is 2.36. The van der Waals surface area contributed by atoms with E-state index in [9.17, 15) is 18.8 Å². The van der Waals surface area contributed by atoms with Gasteiger partial charge in [-0.15, -0.1) is 0 Å². The van der Waals surface area contributed by atoms with E-state index in [2.05, 4.69) is 5.32 Å². The first-order valence-electron chi connectivity index (χ1n) is 10.5. The number of unbranched alkanes of at least 4 members (excludes halogenated alkanes) is 1. The number of nitrogens with one attached hydrogen (secondary N) is 1. The lowest BCUT2D eigenvalue weighted by molar-refractivity contribution is -0.132. The highest BCUT2D eigenvalue weighted by Gasteiger charge is 2.51. The molecule has 164 valence electrons. The molecule has 2 aromatic rings. The number of carbonyl (C=O) groups is 3. The van der Waals surface area contributed by atoms with Crippen molar-refractivity contribution in [3.63, 3.8) is 0 Å². The number of hydrogen-bond donors (Lipinski definition) is 1. The molecule has 1 fully saturated rings. The van der Waals surface area contributed by atoms with Crippen LogP contribution in [-0.4, -0.2) is 29.2 Å². The van der Waals surface area contributed by atoms with Gasteiger partial charge in [0.25, 0.3) is 5.91 Å². The second-order valence-electron chi connectivity index (χ2n) is 7.65. The third-order valence-electron chi connectivity index (χ3n) is 5.51. The van der Waals surface area contributed by atoms with Crippen LogP contribution in [0.25, 0.3) is 0 Å². The van der Waals surface area contributed by atoms with Crippen LogP contribution in [0.4, 0.5) is 9.18 Å². The SMILES string of the molecule is CCCCC1(c2ccc(F)cc2)NC(=O)N(Cc2cc(C(C)=O)ccc2OCC)C1=O. The third-order valence-corrected chi connectivity index (χ3v) is 5.51. The summed E-state index contributed by atoms with van der Waals surface area (Å²) in [6.07, 6.45) is 1.95. The van der Waals surface area contributed by atoms with Crippen LogP contribution in [0.15, 0.2) is 42.5 Å². The zero-order valence-corrected chi connectivity index (χ0v) is 18.0. The molecular weight excluding hydrogens is 399 g/mol. The first-order valence-corrected chi connectivity index (χ1v) is 10.5. The van der Waals surface area contributed by atoms with E-state index in [-0.39, 0.29) is 12.3 Å². The van der Waals surface area contributed by atoms with Gasteiger partial charge in [-0.3, -0.25) is 14.5 Å². The molecule has 0 bridgehead atoms. The van der Waals surface area contributed by atoms with Gasteiger partial charge in [0.15, 0.2) is 5.78 Å². The number of nitrogens with zero attached hydrogens (tertiary/aromatic N) is 1. The zero-order chi connectivity index (χ0) is 22.6. The van der Waals surface area contributed by atoms with Crippen molar-refractivity contribution in [2.45, 2.75) is 52.1 Å². The van der Waals surface area contributed by atoms with Crippen molar-refractivity contribution in [1.82, 2.24) is 10.2 Å². The minimum absolute atomic E-state index is 0.0316. The standard InChI is InChI=1S/C24H27FN2O4/c1-4-6-13-24(19-8-10-20(25)11-9-19)22(29)27(23(30)26-24)15-18-14-17(16(3)28)7-12-21(18)31-5-2/h7-12,14H,4-6,13,15H2,1-3H3,(H,26,30). The molecule has 7 heteroatoms. The van der Waals surface area contributed by atoms with Crippen LogP contribution in [0.5, 0.6) is 5.75 Å². The van der Waals surface area contributed by atoms with Gasteiger partial charge in [0.1, 0.15) is 17.1 Å². The summed E-state index contributed by atoms with van der Waals surface area (Å²) < 4.78 is 19.1. The fourth-order valence-corrected chi connectivity index (χ4v) is 3.84. The van der Waals surface area contributed by atoms with E-state index in [0.29, 0.717) is 41.9 Å². The molecule has 0 aliphatic carbocycles. The lowest BCUT2D eigenvalue weighted by atomic mass is 9.84. The Bertz CT molecular complexity index is 990. The number of carbonyl (C=O) groups excluding carboxylic acids is 3. The predicted octanol–water partition coefficient (Wildman–Crippen LogP) is 4.56. The molecule has 6 nitrogen and oxygen atoms in total. The van der Waals surface area contributed by atoms with E-state index in [0.717, 1.165) is 11.3 Å². The van der Waals surface area contributed by atoms with Crippen molar-refractivity contribution >= 4 is 17.7 Å². The second kappa shape index (κ2) is 9.29. The molecule has 0 radical (unpaired) electrons. The largest absolute Gasteiger partial charge is 0.494 e. The topological polar surface area (TPSA) is 75.7 Å². The van der Waals surface area contributed by atoms with E-state index in [1.807, 2.05) is 13.8 Å². The van der Waals surface area contributed by atoms with Gasteiger partial charge < -0.3 is 10.1 Å². The van der Waals surface area contributed by atoms with E-state index in [4.69, 9.17) is 4.74 Å². The van der Waals surface area contributed by atoms with Crippen molar-refractivity contribution in [3.8, 4) is 5.75 Å². The minimum atomic E-state index is -1.25. The van der Waals surface area contributed by atoms with Crippen LogP contribution in [0.2, 0.25) is 0 Å². The Labute approximate surface area is 181 Å². The number of amides is 3. The van der Waals surface area contributed by atoms with Crippen LogP contribution >= 0.6 is 0 Å². The number of hydrogen-bond acceptors (Lipinski definition) is 4. The molecule has 31 heavy (non-hydrogen) atoms. The fourth-order valence-electron chi connectivity index (χ4n) is 3.84. The monoisotopic (exact) mass is 426 g/mol. The molecule has 3 amide bonds. The summed E-state index contributed by atoms with van der Waals surface area (Å²) in [5, 5.41) is 2.85. The Balaban J connectivity index is 1.99. The minimum Gasteiger partial charge on any atom is -0.494 e. The highest BCUT2D eigenvalue weighted by molar-refractivity contribution is 6.07. The lowest BCUT2D eigenvalue weighted by Crippen LogP contribution is -2.44. The highest BCUT2D eigenvalue weighted by atomic mass is 19.1. The number of ether oxygens (including phenoxy) is 1. The molecule has 0 aromatic heterocycles. The summed E-state index contributed by atoms with van der Waals surface area (Å²) in [6.45, 7) is 5.66. The first kappa shape index (κ1) is 22.5. The summed E-state index contributed by atoms with van der Waals surface area (Å²) >= 11 is 0. The predicted molar refractivity (Wildman–Crippen MR) is 114 cm³/mol. The Morgan fingerprint density at radius 2 is 1.84 bits per heavy atom. The van der Waals surface area contributed by atoms with Gasteiger partial charge in [-0.1, -0.05) is 31.9 Å². The molecule has 1 aliphatic heterocycles. The van der Waals surface area contributed by atoms with Gasteiger partial charge in [0, 0.05) is 11.1 Å². The lowest BCUT2D eigenvalue weighted by Gasteiger charge is -2.27. The van der Waals surface area contributed by atoms with Crippen molar-refractivity contribution in [2.75, 3.05) is 6.61 Å². The van der Waals surface area contributed by atoms with Gasteiger partial charge in [-0.05, 0) is 56.2 Å². The van der Waals surface area contributed by atoms with Crippen molar-refractivity contribution in [2.24, 2.45) is 0 Å². The summed E-state index contributed by atoms with van der Waals surface area (Å²) in [5.74, 6) is -0.412. The molecule has 1 N–H and O–H groups in total. The number of benzene rings is 2. The number of ketones is 1. The summed E-state index contributed by atoms with van der Waals surface area (Å²) in [5.41, 5.74) is 0.348. The fraction of sp³-hybridized carbons (Fsp3) is 0.375. The Kier molecular flexibility index (Phi) is 6.73. The maximum atomic E-state index is 13.6. The van der Waals surface area contributed by atoms with E-state index < -0.39 is 23.3 Å². The van der Waals surface area contributed by atoms with Gasteiger partial charge >= 0.3 is 6.03 Å². The number of rotatable bonds is 9. The van der Waals surface area contributed by atoms with Crippen LogP contribution in [0.3, 0.4) is 0 Å². The number of urea groups is 1. The van der Waals surface area contributed by atoms with Crippen LogP contribution in [0.1, 0.15) is 61.5 Å². The van der Waals surface area contributed by atoms with Crippen LogP contribution < -0.4 is 10.1 Å². The van der Waals surface area contributed by atoms with E-state index in [1.54, 1.807) is 18.2 Å². The third kappa shape index (κ3) is 4.45. The average Bonchev–Trinajstić information content (AvgIpc) is 2.99. The Morgan fingerprint density at radius 1 is 1.13 bits per heavy atom. The normalized spacial score (nSPS) is 18.3. The summed E-state index contributed by atoms with van der Waals surface area (Å²) in [7, 11) is 0. The molecule has 1 atom stereocenters. The zero-order valence-electron chi connectivity index (χ0n) is 18.0. The van der Waals surface area contributed by atoms with Gasteiger partial charge in [0.05, 0.1) is 13.2 Å². The van der Waals surface area contributed by atoms with E-state index in [1.165, 1.54) is 31.2 Å². The molecule has 1 saturated heterocycles. The molecular formula is C24H27FN2O4. The molecule has 2 aromatic carbocycles. The maximum Gasteiger partial charge on any atom is 0.325 e. The summed E-state index contributed by atoms with van der Waals surface area (Å²) in [6, 6.07) is 10.1. The van der Waals surface area contributed by atoms with Crippen molar-refractivity contribution in [3.05, 3.63) is 65.0 Å². The van der Waals surface area contributed by atoms with Crippen LogP contribution in [-0.2, 0) is 16.9 Å². The first-order chi connectivity index (χ1) is 14.8. The van der Waals surface area contributed by atoms with E-state index >= 15 is 0 Å². The molecule has 1 aliphatic rings. The number of halogens is 1. The quantitative estimate of drug-likeness (QED) is 0.471. The average molecular weight is 426 g/mol. The van der Waals surface area contributed by atoms with Gasteiger partial charge in [0.2, 0.25) is 0 Å². The molecule has 3 rings (SSSR count). The van der Waals surface area contributed by atoms with Gasteiger partial charge in [-0.2, -0.15) is 0 Å². The van der Waals surface area contributed by atoms with Crippen molar-refractivity contribution in [1.29, 1.82) is 0 Å². The van der Waals surface area contributed by atoms with Crippen molar-refractivity contribution < 1.29 is 23.5 Å². The second-order valence-corrected chi connectivity index (χ2v) is 7.65. The smallest absolute Gasteiger partial charge is 0.325 e. The Morgan fingerprint density at radius 3 is 2.45 bits per heavy atom. The Hall–Kier alpha value is -3.22. The number of Topliss-reactive ketones (excluding diaryl/α,β-unsaturated/α-hetero) is 1. The maximum absolute atomic E-state index is 13.6. The van der Waals surface area contributed by atoms with Crippen LogP contribution in [0, 0.1) is 5.82 Å². The van der Waals surface area contributed by atoms with Gasteiger partial charge in [-0.25, -0.2) is 9.18 Å². The molecule has 1 heterocycles. The molecule has 0 saturated carbocycles. The number of imide groups is 1.